The zero-order valence-electron chi connectivity index (χ0n) is 36.5. The number of rotatable bonds is 7. The van der Waals surface area contributed by atoms with Crippen LogP contribution in [-0.4, -0.2) is 0 Å². The Morgan fingerprint density at radius 3 is 1.59 bits per heavy atom. The molecule has 0 aromatic heterocycles. The fourth-order valence-corrected chi connectivity index (χ4v) is 13.1. The van der Waals surface area contributed by atoms with Crippen molar-refractivity contribution in [2.75, 3.05) is 9.80 Å². The van der Waals surface area contributed by atoms with E-state index in [9.17, 15) is 0 Å². The maximum atomic E-state index is 2.63. The van der Waals surface area contributed by atoms with Crippen molar-refractivity contribution >= 4 is 44.9 Å². The van der Waals surface area contributed by atoms with Gasteiger partial charge in [0, 0.05) is 33.6 Å². The molecule has 0 bridgehead atoms. The third-order valence-electron chi connectivity index (χ3n) is 15.7. The Morgan fingerprint density at radius 1 is 0.406 bits per heavy atom. The van der Waals surface area contributed by atoms with E-state index in [1.165, 1.54) is 113 Å². The summed E-state index contributed by atoms with van der Waals surface area (Å²) >= 11 is 0. The molecule has 3 unspecified atom stereocenters. The van der Waals surface area contributed by atoms with Gasteiger partial charge in [0.2, 0.25) is 0 Å². The van der Waals surface area contributed by atoms with Gasteiger partial charge in [-0.25, -0.2) is 0 Å². The van der Waals surface area contributed by atoms with Crippen molar-refractivity contribution in [2.24, 2.45) is 11.8 Å². The molecule has 1 spiro atoms. The molecule has 4 aliphatic carbocycles. The highest BCUT2D eigenvalue weighted by atomic mass is 15.2. The number of para-hydroxylation sites is 2. The highest BCUT2D eigenvalue weighted by Crippen LogP contribution is 2.69. The number of benzene rings is 9. The molecule has 4 aliphatic rings. The third kappa shape index (κ3) is 5.32. The fourth-order valence-electron chi connectivity index (χ4n) is 13.1. The fraction of sp³-hybridized carbons (Fsp3) is 0.161. The zero-order valence-corrected chi connectivity index (χ0v) is 36.5. The first-order valence-corrected chi connectivity index (χ1v) is 23.3. The van der Waals surface area contributed by atoms with Crippen molar-refractivity contribution in [2.45, 2.75) is 50.4 Å². The Balaban J connectivity index is 1.07. The van der Waals surface area contributed by atoms with E-state index >= 15 is 0 Å². The molecular formula is C62H50N2. The number of anilines is 6. The van der Waals surface area contributed by atoms with Gasteiger partial charge in [-0.15, -0.1) is 0 Å². The molecule has 0 aliphatic heterocycles. The van der Waals surface area contributed by atoms with Crippen molar-refractivity contribution < 1.29 is 0 Å². The van der Waals surface area contributed by atoms with Gasteiger partial charge in [-0.3, -0.25) is 0 Å². The SMILES string of the molecule is CC1(C)c2ccccc2-c2c(-c3ccccc3)cc(N(c3ccccc3)c3cccc4c3C35c6c(cccc6N(c6ccccc6)c6ccc7ccccc7c6)CC3CCC5C4)cc21. The van der Waals surface area contributed by atoms with Crippen molar-refractivity contribution in [3.63, 3.8) is 0 Å². The number of fused-ring (bicyclic) bond motifs is 6. The van der Waals surface area contributed by atoms with Crippen LogP contribution in [0.1, 0.15) is 60.1 Å². The van der Waals surface area contributed by atoms with Crippen molar-refractivity contribution in [3.8, 4) is 22.3 Å². The standard InChI is InChI=1S/C62H50N2/c1-61(2)54-29-15-14-28-52(54)58-53(42-19-6-3-7-20-42)39-51(40-55(58)61)64(49-26-10-5-11-27-49)57-31-17-23-45-37-47-34-33-46-36-44-22-16-30-56(59(44)62(46,47)60(45)57)63(48-24-8-4-9-25-48)50-35-32-41-18-12-13-21-43(41)38-50/h3-32,35,38-40,46-47H,33-34,36-37H2,1-2H3. The van der Waals surface area contributed by atoms with E-state index < -0.39 is 0 Å². The summed E-state index contributed by atoms with van der Waals surface area (Å²) in [6, 6.07) is 77.7. The van der Waals surface area contributed by atoms with Crippen LogP contribution in [0.2, 0.25) is 0 Å². The predicted octanol–water partition coefficient (Wildman–Crippen LogP) is 16.2. The van der Waals surface area contributed by atoms with Gasteiger partial charge >= 0.3 is 0 Å². The van der Waals surface area contributed by atoms with Gasteiger partial charge in [0.05, 0.1) is 11.4 Å². The van der Waals surface area contributed by atoms with Crippen LogP contribution in [0.4, 0.5) is 34.1 Å². The molecule has 13 rings (SSSR count). The Bertz CT molecular complexity index is 3270. The van der Waals surface area contributed by atoms with E-state index in [1.807, 2.05) is 0 Å². The van der Waals surface area contributed by atoms with Crippen molar-refractivity contribution in [3.05, 3.63) is 240 Å². The van der Waals surface area contributed by atoms with Crippen LogP contribution in [0.25, 0.3) is 33.0 Å². The third-order valence-corrected chi connectivity index (χ3v) is 15.7. The molecule has 308 valence electrons. The summed E-state index contributed by atoms with van der Waals surface area (Å²) < 4.78 is 0. The Morgan fingerprint density at radius 2 is 0.953 bits per heavy atom. The molecule has 9 aromatic carbocycles. The topological polar surface area (TPSA) is 6.48 Å². The van der Waals surface area contributed by atoms with Crippen molar-refractivity contribution in [1.29, 1.82) is 0 Å². The lowest BCUT2D eigenvalue weighted by molar-refractivity contribution is 0.350. The first kappa shape index (κ1) is 37.4. The smallest absolute Gasteiger partial charge is 0.0505 e. The number of hydrogen-bond donors (Lipinski definition) is 0. The Kier molecular flexibility index (Phi) is 8.28. The normalized spacial score (nSPS) is 19.3. The average molecular weight is 823 g/mol. The maximum absolute atomic E-state index is 2.63. The number of nitrogens with zero attached hydrogens (tertiary/aromatic N) is 2. The molecule has 9 aromatic rings. The van der Waals surface area contributed by atoms with Gasteiger partial charge in [0.25, 0.3) is 0 Å². The second-order valence-electron chi connectivity index (χ2n) is 19.2. The van der Waals surface area contributed by atoms with Gasteiger partial charge in [0.1, 0.15) is 0 Å². The average Bonchev–Trinajstić information content (AvgIpc) is 4.04. The molecule has 0 radical (unpaired) electrons. The zero-order chi connectivity index (χ0) is 42.6. The van der Waals surface area contributed by atoms with Gasteiger partial charge in [-0.2, -0.15) is 0 Å². The van der Waals surface area contributed by atoms with Gasteiger partial charge in [0.15, 0.2) is 0 Å². The summed E-state index contributed by atoms with van der Waals surface area (Å²) in [5, 5.41) is 2.52. The molecule has 0 N–H and O–H groups in total. The van der Waals surface area contributed by atoms with Crippen LogP contribution in [-0.2, 0) is 23.7 Å². The lowest BCUT2D eigenvalue weighted by atomic mass is 9.68. The van der Waals surface area contributed by atoms with Crippen LogP contribution < -0.4 is 9.80 Å². The van der Waals surface area contributed by atoms with Crippen molar-refractivity contribution in [1.82, 2.24) is 0 Å². The second-order valence-corrected chi connectivity index (χ2v) is 19.2. The van der Waals surface area contributed by atoms with Gasteiger partial charge < -0.3 is 9.80 Å². The van der Waals surface area contributed by atoms with Crippen LogP contribution in [0.5, 0.6) is 0 Å². The van der Waals surface area contributed by atoms with E-state index in [2.05, 4.69) is 230 Å². The lowest BCUT2D eigenvalue weighted by Crippen LogP contribution is -2.34. The monoisotopic (exact) mass is 822 g/mol. The molecule has 0 amide bonds. The second kappa shape index (κ2) is 14.2. The lowest BCUT2D eigenvalue weighted by Gasteiger charge is -2.40. The summed E-state index contributed by atoms with van der Waals surface area (Å²) in [5.74, 6) is 1.02. The minimum Gasteiger partial charge on any atom is -0.310 e. The predicted molar refractivity (Wildman–Crippen MR) is 267 cm³/mol. The van der Waals surface area contributed by atoms with Gasteiger partial charge in [-0.05, 0) is 165 Å². The Labute approximate surface area is 377 Å². The van der Waals surface area contributed by atoms with E-state index in [-0.39, 0.29) is 10.8 Å². The maximum Gasteiger partial charge on any atom is 0.0505 e. The quantitative estimate of drug-likeness (QED) is 0.158. The summed E-state index contributed by atoms with van der Waals surface area (Å²) in [7, 11) is 0. The van der Waals surface area contributed by atoms with Gasteiger partial charge in [-0.1, -0.05) is 159 Å². The highest BCUT2D eigenvalue weighted by Gasteiger charge is 2.62. The van der Waals surface area contributed by atoms with E-state index in [1.54, 1.807) is 0 Å². The van der Waals surface area contributed by atoms with Crippen LogP contribution >= 0.6 is 0 Å². The molecular weight excluding hydrogens is 773 g/mol. The minimum absolute atomic E-state index is 0.150. The number of hydrogen-bond acceptors (Lipinski definition) is 2. The molecule has 0 heterocycles. The summed E-state index contributed by atoms with van der Waals surface area (Å²) in [6.45, 7) is 4.84. The molecule has 1 fully saturated rings. The largest absolute Gasteiger partial charge is 0.310 e. The highest BCUT2D eigenvalue weighted by molar-refractivity contribution is 5.97. The molecule has 3 atom stereocenters. The molecule has 1 saturated carbocycles. The molecule has 64 heavy (non-hydrogen) atoms. The summed E-state index contributed by atoms with van der Waals surface area (Å²) in [6.07, 6.45) is 4.67. The molecule has 0 saturated heterocycles. The first-order valence-electron chi connectivity index (χ1n) is 23.3. The van der Waals surface area contributed by atoms with E-state index in [0.29, 0.717) is 11.8 Å². The first-order chi connectivity index (χ1) is 31.5. The van der Waals surface area contributed by atoms with Crippen LogP contribution in [0, 0.1) is 11.8 Å². The molecule has 2 heteroatoms. The van der Waals surface area contributed by atoms with E-state index in [4.69, 9.17) is 0 Å². The van der Waals surface area contributed by atoms with E-state index in [0.717, 1.165) is 12.8 Å². The summed E-state index contributed by atoms with van der Waals surface area (Å²) in [5.41, 5.74) is 21.2. The van der Waals surface area contributed by atoms with Crippen LogP contribution in [0.3, 0.4) is 0 Å². The molecule has 2 nitrogen and oxygen atoms in total. The summed E-state index contributed by atoms with van der Waals surface area (Å²) in [4.78, 5) is 5.20. The minimum atomic E-state index is -0.171. The van der Waals surface area contributed by atoms with Crippen LogP contribution in [0.15, 0.2) is 206 Å². The Hall–Kier alpha value is -7.16.